The lowest BCUT2D eigenvalue weighted by molar-refractivity contribution is -0.0328. The van der Waals surface area contributed by atoms with E-state index in [4.69, 9.17) is 23.2 Å². The largest absolute Gasteiger partial charge is 0.382 e. The van der Waals surface area contributed by atoms with E-state index in [9.17, 15) is 13.5 Å². The number of hydrogen-bond acceptors (Lipinski definition) is 7. The van der Waals surface area contributed by atoms with Crippen molar-refractivity contribution in [1.82, 2.24) is 24.4 Å². The van der Waals surface area contributed by atoms with Gasteiger partial charge in [-0.05, 0) is 56.0 Å². The first-order valence-electron chi connectivity index (χ1n) is 13.1. The molecule has 39 heavy (non-hydrogen) atoms. The molecule has 3 aromatic rings. The van der Waals surface area contributed by atoms with Crippen molar-refractivity contribution < 1.29 is 13.5 Å². The van der Waals surface area contributed by atoms with Gasteiger partial charge in [-0.25, -0.2) is 22.8 Å². The van der Waals surface area contributed by atoms with E-state index in [1.165, 1.54) is 6.33 Å². The molecule has 12 heteroatoms. The van der Waals surface area contributed by atoms with Crippen LogP contribution >= 0.6 is 23.2 Å². The molecule has 210 valence electrons. The fraction of sp³-hybridized carbons (Fsp3) is 0.481. The molecule has 0 radical (unpaired) electrons. The highest BCUT2D eigenvalue weighted by molar-refractivity contribution is 7.89. The summed E-state index contributed by atoms with van der Waals surface area (Å²) in [5, 5.41) is 17.2. The van der Waals surface area contributed by atoms with E-state index >= 15 is 0 Å². The first kappa shape index (κ1) is 28.3. The predicted octanol–water partition coefficient (Wildman–Crippen LogP) is 3.48. The molecule has 3 heterocycles. The van der Waals surface area contributed by atoms with Crippen molar-refractivity contribution in [3.8, 4) is 0 Å². The number of anilines is 1. The molecule has 0 amide bonds. The Morgan fingerprint density at radius 2 is 1.85 bits per heavy atom. The molecule has 5 rings (SSSR count). The number of hydrogen-bond donors (Lipinski definition) is 2. The topological polar surface area (TPSA) is 104 Å². The molecule has 0 aliphatic carbocycles. The van der Waals surface area contributed by atoms with E-state index < -0.39 is 15.6 Å². The Kier molecular flexibility index (Phi) is 8.24. The van der Waals surface area contributed by atoms with Gasteiger partial charge in [0.25, 0.3) is 0 Å². The minimum atomic E-state index is -3.12. The zero-order valence-electron chi connectivity index (χ0n) is 22.0. The van der Waals surface area contributed by atoms with Crippen molar-refractivity contribution in [3.63, 3.8) is 0 Å². The third kappa shape index (κ3) is 6.42. The van der Waals surface area contributed by atoms with Crippen molar-refractivity contribution >= 4 is 38.9 Å². The maximum absolute atomic E-state index is 12.0. The van der Waals surface area contributed by atoms with Crippen molar-refractivity contribution in [1.29, 1.82) is 0 Å². The second-order valence-corrected chi connectivity index (χ2v) is 13.5. The Hall–Kier alpha value is -2.21. The third-order valence-corrected chi connectivity index (χ3v) is 9.81. The molecule has 2 aromatic carbocycles. The lowest BCUT2D eigenvalue weighted by Crippen LogP contribution is -2.59. The van der Waals surface area contributed by atoms with Crippen LogP contribution in [0, 0.1) is 0 Å². The van der Waals surface area contributed by atoms with Crippen LogP contribution in [0.4, 0.5) is 5.69 Å². The Labute approximate surface area is 239 Å². The summed E-state index contributed by atoms with van der Waals surface area (Å²) < 4.78 is 27.7. The highest BCUT2D eigenvalue weighted by Crippen LogP contribution is 2.35. The van der Waals surface area contributed by atoms with Gasteiger partial charge >= 0.3 is 0 Å². The second-order valence-electron chi connectivity index (χ2n) is 10.8. The SMILES string of the molecule is CC1CN(c2ccc(C3CCS(=O)(=O)NC3)cc2)C(C)CN1CC(O)(Cn1cncn1)c1ccc(Cl)cc1Cl. The summed E-state index contributed by atoms with van der Waals surface area (Å²) in [5.41, 5.74) is 1.58. The zero-order valence-corrected chi connectivity index (χ0v) is 24.4. The minimum absolute atomic E-state index is 0.155. The van der Waals surface area contributed by atoms with Crippen LogP contribution in [0.1, 0.15) is 37.3 Å². The number of sulfonamides is 1. The molecule has 4 unspecified atom stereocenters. The molecular weight excluding hydrogens is 559 g/mol. The lowest BCUT2D eigenvalue weighted by atomic mass is 9.91. The van der Waals surface area contributed by atoms with Crippen molar-refractivity contribution in [2.45, 2.75) is 50.4 Å². The van der Waals surface area contributed by atoms with Gasteiger partial charge in [-0.3, -0.25) is 4.90 Å². The van der Waals surface area contributed by atoms with Gasteiger partial charge in [-0.15, -0.1) is 0 Å². The zero-order chi connectivity index (χ0) is 27.8. The minimum Gasteiger partial charge on any atom is -0.382 e. The van der Waals surface area contributed by atoms with Crippen LogP contribution in [0.5, 0.6) is 0 Å². The summed E-state index contributed by atoms with van der Waals surface area (Å²) in [6, 6.07) is 14.0. The van der Waals surface area contributed by atoms with E-state index in [2.05, 4.69) is 62.7 Å². The molecule has 2 aliphatic rings. The van der Waals surface area contributed by atoms with Crippen LogP contribution in [0.15, 0.2) is 55.1 Å². The Bertz CT molecular complexity index is 1380. The van der Waals surface area contributed by atoms with Gasteiger partial charge < -0.3 is 10.0 Å². The van der Waals surface area contributed by atoms with E-state index in [-0.39, 0.29) is 30.3 Å². The molecule has 1 aromatic heterocycles. The highest BCUT2D eigenvalue weighted by Gasteiger charge is 2.39. The van der Waals surface area contributed by atoms with Crippen LogP contribution in [-0.4, -0.2) is 77.2 Å². The molecule has 2 N–H and O–H groups in total. The van der Waals surface area contributed by atoms with Crippen molar-refractivity contribution in [3.05, 3.63) is 76.3 Å². The highest BCUT2D eigenvalue weighted by atomic mass is 35.5. The van der Waals surface area contributed by atoms with Crippen LogP contribution in [-0.2, 0) is 22.2 Å². The smallest absolute Gasteiger partial charge is 0.211 e. The Balaban J connectivity index is 1.30. The number of halogens is 2. The number of rotatable bonds is 7. The van der Waals surface area contributed by atoms with Gasteiger partial charge in [-0.1, -0.05) is 41.4 Å². The second kappa shape index (κ2) is 11.3. The molecule has 0 spiro atoms. The number of nitrogens with one attached hydrogen (secondary N) is 1. The Morgan fingerprint density at radius 1 is 1.08 bits per heavy atom. The quantitative estimate of drug-likeness (QED) is 0.433. The molecular formula is C27H34Cl2N6O3S. The normalized spacial score (nSPS) is 25.4. The fourth-order valence-electron chi connectivity index (χ4n) is 5.71. The van der Waals surface area contributed by atoms with Crippen LogP contribution in [0.3, 0.4) is 0 Å². The monoisotopic (exact) mass is 592 g/mol. The first-order chi connectivity index (χ1) is 18.5. The van der Waals surface area contributed by atoms with Crippen molar-refractivity contribution in [2.75, 3.05) is 36.8 Å². The van der Waals surface area contributed by atoms with Crippen LogP contribution in [0.25, 0.3) is 0 Å². The first-order valence-corrected chi connectivity index (χ1v) is 15.5. The maximum atomic E-state index is 12.0. The summed E-state index contributed by atoms with van der Waals surface area (Å²) in [4.78, 5) is 8.72. The van der Waals surface area contributed by atoms with Crippen LogP contribution in [0.2, 0.25) is 10.0 Å². The van der Waals surface area contributed by atoms with Gasteiger partial charge in [0.1, 0.15) is 18.3 Å². The molecule has 9 nitrogen and oxygen atoms in total. The number of benzene rings is 2. The molecule has 0 bridgehead atoms. The van der Waals surface area contributed by atoms with Gasteiger partial charge in [0.15, 0.2) is 0 Å². The average molecular weight is 594 g/mol. The van der Waals surface area contributed by atoms with Crippen molar-refractivity contribution in [2.24, 2.45) is 0 Å². The maximum Gasteiger partial charge on any atom is 0.211 e. The van der Waals surface area contributed by atoms with E-state index in [0.29, 0.717) is 35.1 Å². The number of nitrogens with zero attached hydrogens (tertiary/aromatic N) is 5. The Morgan fingerprint density at radius 3 is 2.49 bits per heavy atom. The van der Waals surface area contributed by atoms with E-state index in [1.807, 2.05) is 0 Å². The molecule has 2 saturated heterocycles. The van der Waals surface area contributed by atoms with E-state index in [0.717, 1.165) is 24.3 Å². The van der Waals surface area contributed by atoms with Gasteiger partial charge in [0.2, 0.25) is 10.0 Å². The van der Waals surface area contributed by atoms with Gasteiger partial charge in [0.05, 0.1) is 12.3 Å². The summed E-state index contributed by atoms with van der Waals surface area (Å²) in [6.45, 7) is 6.91. The standard InChI is InChI=1S/C27H34Cl2N6O3S/c1-19-14-35(24-6-3-21(4-7-24)22-9-10-39(37,38)32-12-22)20(2)13-33(19)15-27(36,16-34-18-30-17-31-34)25-8-5-23(28)11-26(25)29/h3-8,11,17-20,22,32,36H,9-10,12-16H2,1-2H3. The molecule has 0 saturated carbocycles. The summed E-state index contributed by atoms with van der Waals surface area (Å²) in [5.74, 6) is 0.360. The number of aromatic nitrogens is 3. The van der Waals surface area contributed by atoms with Crippen LogP contribution < -0.4 is 9.62 Å². The summed E-state index contributed by atoms with van der Waals surface area (Å²) >= 11 is 12.7. The fourth-order valence-corrected chi connectivity index (χ4v) is 7.48. The average Bonchev–Trinajstić information content (AvgIpc) is 3.39. The summed E-state index contributed by atoms with van der Waals surface area (Å²) in [6.07, 6.45) is 3.67. The van der Waals surface area contributed by atoms with E-state index in [1.54, 1.807) is 29.2 Å². The number of β-amino-alcohol motifs (C(OH)–C–C–N with tert-alkyl or cyclic N) is 1. The van der Waals surface area contributed by atoms with Gasteiger partial charge in [-0.2, -0.15) is 5.10 Å². The number of aliphatic hydroxyl groups is 1. The summed E-state index contributed by atoms with van der Waals surface area (Å²) in [7, 11) is -3.12. The molecule has 2 fully saturated rings. The third-order valence-electron chi connectivity index (χ3n) is 7.88. The van der Waals surface area contributed by atoms with Gasteiger partial charge in [0, 0.05) is 59.6 Å². The molecule has 4 atom stereocenters. The predicted molar refractivity (Wildman–Crippen MR) is 154 cm³/mol. The number of piperazine rings is 1. The molecule has 2 aliphatic heterocycles. The lowest BCUT2D eigenvalue weighted by Gasteiger charge is -2.47.